The number of para-hydroxylation sites is 1. The summed E-state index contributed by atoms with van der Waals surface area (Å²) < 4.78 is 29.0. The molecule has 138 valence electrons. The number of sulfonamides is 1. The first kappa shape index (κ1) is 17.8. The molecule has 1 heterocycles. The number of benzene rings is 3. The highest BCUT2D eigenvalue weighted by Crippen LogP contribution is 2.47. The van der Waals surface area contributed by atoms with Gasteiger partial charge < -0.3 is 0 Å². The average Bonchev–Trinajstić information content (AvgIpc) is 2.69. The molecule has 0 bridgehead atoms. The lowest BCUT2D eigenvalue weighted by Gasteiger charge is -2.40. The van der Waals surface area contributed by atoms with Crippen molar-refractivity contribution in [3.05, 3.63) is 95.6 Å². The molecule has 0 fully saturated rings. The fourth-order valence-electron chi connectivity index (χ4n) is 3.90. The van der Waals surface area contributed by atoms with E-state index in [-0.39, 0.29) is 12.0 Å². The second kappa shape index (κ2) is 6.86. The first-order valence-corrected chi connectivity index (χ1v) is 10.7. The van der Waals surface area contributed by atoms with Crippen LogP contribution in [0.25, 0.3) is 0 Å². The van der Waals surface area contributed by atoms with Crippen molar-refractivity contribution in [3.63, 3.8) is 0 Å². The van der Waals surface area contributed by atoms with Gasteiger partial charge in [0.05, 0.1) is 16.6 Å². The topological polar surface area (TPSA) is 37.4 Å². The van der Waals surface area contributed by atoms with Gasteiger partial charge in [0.1, 0.15) is 0 Å². The summed E-state index contributed by atoms with van der Waals surface area (Å²) >= 11 is 0. The Morgan fingerprint density at radius 3 is 2.19 bits per heavy atom. The van der Waals surface area contributed by atoms with E-state index >= 15 is 0 Å². The van der Waals surface area contributed by atoms with Crippen molar-refractivity contribution < 1.29 is 8.42 Å². The van der Waals surface area contributed by atoms with E-state index in [1.807, 2.05) is 73.7 Å². The highest BCUT2D eigenvalue weighted by atomic mass is 32.2. The van der Waals surface area contributed by atoms with E-state index in [1.165, 1.54) is 0 Å². The molecule has 0 aromatic heterocycles. The molecule has 0 N–H and O–H groups in total. The van der Waals surface area contributed by atoms with Gasteiger partial charge in [-0.15, -0.1) is 0 Å². The largest absolute Gasteiger partial charge is 0.264 e. The minimum Gasteiger partial charge on any atom is -0.259 e. The van der Waals surface area contributed by atoms with E-state index in [9.17, 15) is 8.42 Å². The maximum absolute atomic E-state index is 13.7. The molecule has 3 nitrogen and oxygen atoms in total. The van der Waals surface area contributed by atoms with E-state index in [2.05, 4.69) is 6.92 Å². The van der Waals surface area contributed by atoms with Crippen molar-refractivity contribution in [1.29, 1.82) is 0 Å². The van der Waals surface area contributed by atoms with Gasteiger partial charge >= 0.3 is 0 Å². The minimum atomic E-state index is -3.68. The SMILES string of the molecule is Cc1ccc(S(=O)(=O)N2c3ccccc3[C@H](C)C[C@@H]2c2ccccc2)cc1. The third-order valence-corrected chi connectivity index (χ3v) is 7.16. The van der Waals surface area contributed by atoms with Gasteiger partial charge in [-0.25, -0.2) is 8.42 Å². The molecule has 3 aromatic rings. The van der Waals surface area contributed by atoms with Crippen LogP contribution in [0.1, 0.15) is 42.0 Å². The van der Waals surface area contributed by atoms with Crippen LogP contribution in [0.4, 0.5) is 5.69 Å². The summed E-state index contributed by atoms with van der Waals surface area (Å²) in [6, 6.07) is 24.7. The van der Waals surface area contributed by atoms with E-state index < -0.39 is 10.0 Å². The molecule has 1 aliphatic heterocycles. The van der Waals surface area contributed by atoms with Crippen LogP contribution in [0.15, 0.2) is 83.8 Å². The Hall–Kier alpha value is -2.59. The maximum atomic E-state index is 13.7. The summed E-state index contributed by atoms with van der Waals surface area (Å²) in [5.41, 5.74) is 3.93. The van der Waals surface area contributed by atoms with Gasteiger partial charge in [-0.05, 0) is 48.6 Å². The summed E-state index contributed by atoms with van der Waals surface area (Å²) in [5, 5.41) is 0. The van der Waals surface area contributed by atoms with E-state index in [1.54, 1.807) is 16.4 Å². The number of aryl methyl sites for hydroxylation is 1. The normalized spacial score (nSPS) is 19.6. The third kappa shape index (κ3) is 3.15. The quantitative estimate of drug-likeness (QED) is 0.609. The molecular formula is C23H23NO2S. The van der Waals surface area contributed by atoms with Crippen LogP contribution < -0.4 is 4.31 Å². The van der Waals surface area contributed by atoms with Crippen LogP contribution in [0.3, 0.4) is 0 Å². The maximum Gasteiger partial charge on any atom is 0.264 e. The van der Waals surface area contributed by atoms with Crippen LogP contribution in [-0.2, 0) is 10.0 Å². The standard InChI is InChI=1S/C23H23NO2S/c1-17-12-14-20(15-13-17)27(25,26)24-22-11-7-6-10-21(22)18(2)16-23(24)19-8-4-3-5-9-19/h3-15,18,23H,16H2,1-2H3/t18-,23-/m1/s1. The third-order valence-electron chi connectivity index (χ3n) is 5.33. The molecule has 2 atom stereocenters. The predicted octanol–water partition coefficient (Wildman–Crippen LogP) is 5.44. The zero-order chi connectivity index (χ0) is 19.0. The lowest BCUT2D eigenvalue weighted by Crippen LogP contribution is -2.39. The molecule has 4 heteroatoms. The molecule has 0 saturated carbocycles. The number of fused-ring (bicyclic) bond motifs is 1. The Balaban J connectivity index is 1.92. The summed E-state index contributed by atoms with van der Waals surface area (Å²) in [6.07, 6.45) is 0.756. The monoisotopic (exact) mass is 377 g/mol. The molecule has 1 aliphatic rings. The van der Waals surface area contributed by atoms with Gasteiger partial charge in [0.15, 0.2) is 0 Å². The van der Waals surface area contributed by atoms with Gasteiger partial charge in [-0.2, -0.15) is 0 Å². The van der Waals surface area contributed by atoms with Gasteiger partial charge in [0, 0.05) is 0 Å². The van der Waals surface area contributed by atoms with Crippen molar-refractivity contribution in [2.75, 3.05) is 4.31 Å². The molecule has 0 unspecified atom stereocenters. The fraction of sp³-hybridized carbons (Fsp3) is 0.217. The Kier molecular flexibility index (Phi) is 4.52. The van der Waals surface area contributed by atoms with Crippen molar-refractivity contribution in [2.24, 2.45) is 0 Å². The second-order valence-electron chi connectivity index (χ2n) is 7.24. The van der Waals surface area contributed by atoms with Crippen LogP contribution in [0, 0.1) is 6.92 Å². The Morgan fingerprint density at radius 1 is 0.852 bits per heavy atom. The van der Waals surface area contributed by atoms with Gasteiger partial charge in [0.2, 0.25) is 0 Å². The first-order chi connectivity index (χ1) is 13.0. The first-order valence-electron chi connectivity index (χ1n) is 9.23. The van der Waals surface area contributed by atoms with Gasteiger partial charge in [-0.3, -0.25) is 4.31 Å². The van der Waals surface area contributed by atoms with Crippen molar-refractivity contribution in [3.8, 4) is 0 Å². The minimum absolute atomic E-state index is 0.220. The molecule has 0 spiro atoms. The van der Waals surface area contributed by atoms with Gasteiger partial charge in [0.25, 0.3) is 10.0 Å². The molecular weight excluding hydrogens is 354 g/mol. The summed E-state index contributed by atoms with van der Waals surface area (Å²) in [5.74, 6) is 0.288. The molecule has 4 rings (SSSR count). The molecule has 0 saturated heterocycles. The fourth-order valence-corrected chi connectivity index (χ4v) is 5.57. The molecule has 27 heavy (non-hydrogen) atoms. The van der Waals surface area contributed by atoms with Crippen molar-refractivity contribution >= 4 is 15.7 Å². The zero-order valence-electron chi connectivity index (χ0n) is 15.5. The molecule has 0 aliphatic carbocycles. The van der Waals surface area contributed by atoms with Crippen LogP contribution in [0.2, 0.25) is 0 Å². The van der Waals surface area contributed by atoms with E-state index in [0.29, 0.717) is 4.90 Å². The molecule has 0 amide bonds. The van der Waals surface area contributed by atoms with Crippen molar-refractivity contribution in [2.45, 2.75) is 37.1 Å². The van der Waals surface area contributed by atoms with Crippen LogP contribution >= 0.6 is 0 Å². The zero-order valence-corrected chi connectivity index (χ0v) is 16.4. The van der Waals surface area contributed by atoms with E-state index in [4.69, 9.17) is 0 Å². The predicted molar refractivity (Wildman–Crippen MR) is 110 cm³/mol. The number of nitrogens with zero attached hydrogens (tertiary/aromatic N) is 1. The summed E-state index contributed by atoms with van der Waals surface area (Å²) in [6.45, 7) is 4.13. The average molecular weight is 378 g/mol. The highest BCUT2D eigenvalue weighted by molar-refractivity contribution is 7.92. The molecule has 3 aromatic carbocycles. The smallest absolute Gasteiger partial charge is 0.259 e. The second-order valence-corrected chi connectivity index (χ2v) is 9.05. The number of hydrogen-bond donors (Lipinski definition) is 0. The van der Waals surface area contributed by atoms with E-state index in [0.717, 1.165) is 28.8 Å². The number of anilines is 1. The van der Waals surface area contributed by atoms with Crippen LogP contribution in [0.5, 0.6) is 0 Å². The molecule has 0 radical (unpaired) electrons. The summed E-state index contributed by atoms with van der Waals surface area (Å²) in [4.78, 5) is 0.332. The highest BCUT2D eigenvalue weighted by Gasteiger charge is 2.39. The Bertz CT molecular complexity index is 1040. The Labute approximate surface area is 161 Å². The number of hydrogen-bond acceptors (Lipinski definition) is 2. The van der Waals surface area contributed by atoms with Crippen molar-refractivity contribution in [1.82, 2.24) is 0 Å². The summed E-state index contributed by atoms with van der Waals surface area (Å²) in [7, 11) is -3.68. The lowest BCUT2D eigenvalue weighted by atomic mass is 9.86. The number of rotatable bonds is 3. The van der Waals surface area contributed by atoms with Gasteiger partial charge in [-0.1, -0.05) is 73.2 Å². The van der Waals surface area contributed by atoms with Crippen LogP contribution in [-0.4, -0.2) is 8.42 Å². The Morgan fingerprint density at radius 2 is 1.48 bits per heavy atom. The lowest BCUT2D eigenvalue weighted by molar-refractivity contribution is 0.523.